The van der Waals surface area contributed by atoms with Gasteiger partial charge in [-0.25, -0.2) is 4.79 Å². The van der Waals surface area contributed by atoms with Crippen molar-refractivity contribution >= 4 is 23.8 Å². The van der Waals surface area contributed by atoms with Crippen LogP contribution in [0.2, 0.25) is 0 Å². The third kappa shape index (κ3) is 3.06. The summed E-state index contributed by atoms with van der Waals surface area (Å²) in [4.78, 5) is 48.7. The van der Waals surface area contributed by atoms with Gasteiger partial charge in [0.1, 0.15) is 18.6 Å². The molecule has 1 aliphatic heterocycles. The van der Waals surface area contributed by atoms with Gasteiger partial charge in [-0.1, -0.05) is 6.92 Å². The maximum atomic E-state index is 12.1. The van der Waals surface area contributed by atoms with E-state index in [1.165, 1.54) is 14.2 Å². The van der Waals surface area contributed by atoms with Crippen LogP contribution in [0.4, 0.5) is 4.79 Å². The van der Waals surface area contributed by atoms with E-state index in [-0.39, 0.29) is 6.54 Å². The average molecular weight is 285 g/mol. The highest BCUT2D eigenvalue weighted by Gasteiger charge is 2.47. The van der Waals surface area contributed by atoms with E-state index in [0.717, 1.165) is 9.80 Å². The van der Waals surface area contributed by atoms with Gasteiger partial charge in [-0.2, -0.15) is 0 Å². The molecular formula is C12H19N3O5. The standard InChI is InChI=1S/C12H19N3O5/c1-5-12(2)10(18)15(11(19)13-12)6-8(16)14(3)7-9(17)20-4/h5-7H2,1-4H3,(H,13,19). The van der Waals surface area contributed by atoms with Gasteiger partial charge in [0, 0.05) is 7.05 Å². The van der Waals surface area contributed by atoms with Crippen LogP contribution in [0.15, 0.2) is 0 Å². The summed E-state index contributed by atoms with van der Waals surface area (Å²) >= 11 is 0. The molecule has 112 valence electrons. The Hall–Kier alpha value is -2.12. The predicted molar refractivity (Wildman–Crippen MR) is 68.6 cm³/mol. The van der Waals surface area contributed by atoms with E-state index in [0.29, 0.717) is 6.42 Å². The maximum Gasteiger partial charge on any atom is 0.325 e. The third-order valence-corrected chi connectivity index (χ3v) is 3.37. The van der Waals surface area contributed by atoms with Gasteiger partial charge >= 0.3 is 12.0 Å². The van der Waals surface area contributed by atoms with E-state index in [1.54, 1.807) is 13.8 Å². The van der Waals surface area contributed by atoms with Gasteiger partial charge in [0.05, 0.1) is 7.11 Å². The minimum Gasteiger partial charge on any atom is -0.468 e. The number of nitrogens with zero attached hydrogens (tertiary/aromatic N) is 2. The molecule has 1 saturated heterocycles. The lowest BCUT2D eigenvalue weighted by molar-refractivity contribution is -0.146. The van der Waals surface area contributed by atoms with Gasteiger partial charge in [-0.3, -0.25) is 19.3 Å². The Morgan fingerprint density at radius 3 is 2.45 bits per heavy atom. The number of amides is 4. The summed E-state index contributed by atoms with van der Waals surface area (Å²) in [5, 5.41) is 2.55. The average Bonchev–Trinajstić information content (AvgIpc) is 2.62. The van der Waals surface area contributed by atoms with Crippen molar-refractivity contribution in [1.82, 2.24) is 15.1 Å². The Morgan fingerprint density at radius 1 is 1.40 bits per heavy atom. The molecule has 0 aromatic carbocycles. The summed E-state index contributed by atoms with van der Waals surface area (Å²) in [7, 11) is 2.61. The van der Waals surface area contributed by atoms with E-state index in [2.05, 4.69) is 10.1 Å². The van der Waals surface area contributed by atoms with Crippen LogP contribution in [0, 0.1) is 0 Å². The second-order valence-corrected chi connectivity index (χ2v) is 4.83. The van der Waals surface area contributed by atoms with Crippen molar-refractivity contribution in [1.29, 1.82) is 0 Å². The zero-order chi connectivity index (χ0) is 15.5. The fraction of sp³-hybridized carbons (Fsp3) is 0.667. The normalized spacial score (nSPS) is 21.7. The molecule has 0 radical (unpaired) electrons. The van der Waals surface area contributed by atoms with E-state index < -0.39 is 35.9 Å². The van der Waals surface area contributed by atoms with Crippen molar-refractivity contribution in [2.45, 2.75) is 25.8 Å². The molecule has 1 fully saturated rings. The van der Waals surface area contributed by atoms with Crippen molar-refractivity contribution in [2.24, 2.45) is 0 Å². The highest BCUT2D eigenvalue weighted by molar-refractivity contribution is 6.08. The molecule has 0 aliphatic carbocycles. The predicted octanol–water partition coefficient (Wildman–Crippen LogP) is -0.662. The maximum absolute atomic E-state index is 12.1. The number of ether oxygens (including phenoxy) is 1. The summed E-state index contributed by atoms with van der Waals surface area (Å²) in [5.41, 5.74) is -0.974. The first-order valence-corrected chi connectivity index (χ1v) is 6.20. The molecule has 8 nitrogen and oxygen atoms in total. The SMILES string of the molecule is CCC1(C)NC(=O)N(CC(=O)N(C)CC(=O)OC)C1=O. The van der Waals surface area contributed by atoms with E-state index in [1.807, 2.05) is 0 Å². The van der Waals surface area contributed by atoms with Crippen LogP contribution < -0.4 is 5.32 Å². The molecule has 1 heterocycles. The Balaban J connectivity index is 2.69. The van der Waals surface area contributed by atoms with E-state index >= 15 is 0 Å². The van der Waals surface area contributed by atoms with E-state index in [4.69, 9.17) is 0 Å². The first-order valence-electron chi connectivity index (χ1n) is 6.20. The lowest BCUT2D eigenvalue weighted by atomic mass is 9.99. The molecule has 20 heavy (non-hydrogen) atoms. The number of imide groups is 1. The number of esters is 1. The lowest BCUT2D eigenvalue weighted by Crippen LogP contribution is -2.45. The number of nitrogens with one attached hydrogen (secondary N) is 1. The monoisotopic (exact) mass is 285 g/mol. The largest absolute Gasteiger partial charge is 0.468 e. The smallest absolute Gasteiger partial charge is 0.325 e. The Labute approximate surface area is 117 Å². The molecule has 8 heteroatoms. The number of urea groups is 1. The molecular weight excluding hydrogens is 266 g/mol. The summed E-state index contributed by atoms with van der Waals surface area (Å²) in [6, 6.07) is -0.598. The number of hydrogen-bond donors (Lipinski definition) is 1. The first-order chi connectivity index (χ1) is 9.25. The quantitative estimate of drug-likeness (QED) is 0.534. The first kappa shape index (κ1) is 15.9. The lowest BCUT2D eigenvalue weighted by Gasteiger charge is -2.21. The fourth-order valence-corrected chi connectivity index (χ4v) is 1.73. The Bertz CT molecular complexity index is 450. The Morgan fingerprint density at radius 2 is 2.00 bits per heavy atom. The highest BCUT2D eigenvalue weighted by Crippen LogP contribution is 2.20. The molecule has 1 unspecified atom stereocenters. The highest BCUT2D eigenvalue weighted by atomic mass is 16.5. The molecule has 0 spiro atoms. The molecule has 1 atom stereocenters. The summed E-state index contributed by atoms with van der Waals surface area (Å²) in [5.74, 6) is -1.53. The summed E-state index contributed by atoms with van der Waals surface area (Å²) in [6.45, 7) is 2.75. The van der Waals surface area contributed by atoms with Gasteiger partial charge < -0.3 is 15.0 Å². The Kier molecular flexibility index (Phi) is 4.69. The topological polar surface area (TPSA) is 96.0 Å². The number of rotatable bonds is 5. The second kappa shape index (κ2) is 5.89. The minimum absolute atomic E-state index is 0.232. The van der Waals surface area contributed by atoms with Crippen LogP contribution in [0.5, 0.6) is 0 Å². The fourth-order valence-electron chi connectivity index (χ4n) is 1.73. The van der Waals surface area contributed by atoms with Gasteiger partial charge in [-0.05, 0) is 13.3 Å². The van der Waals surface area contributed by atoms with Gasteiger partial charge in [0.15, 0.2) is 0 Å². The van der Waals surface area contributed by atoms with Crippen molar-refractivity contribution < 1.29 is 23.9 Å². The molecule has 1 N–H and O–H groups in total. The van der Waals surface area contributed by atoms with Gasteiger partial charge in [0.25, 0.3) is 5.91 Å². The van der Waals surface area contributed by atoms with Crippen LogP contribution in [-0.2, 0) is 19.1 Å². The van der Waals surface area contributed by atoms with Crippen LogP contribution >= 0.6 is 0 Å². The molecule has 0 saturated carbocycles. The molecule has 4 amide bonds. The van der Waals surface area contributed by atoms with Crippen LogP contribution in [0.1, 0.15) is 20.3 Å². The second-order valence-electron chi connectivity index (χ2n) is 4.83. The molecule has 0 aromatic heterocycles. The molecule has 0 aromatic rings. The van der Waals surface area contributed by atoms with Crippen molar-refractivity contribution in [3.63, 3.8) is 0 Å². The molecule has 1 rings (SSSR count). The number of likely N-dealkylation sites (N-methyl/N-ethyl adjacent to an activating group) is 1. The van der Waals surface area contributed by atoms with Crippen molar-refractivity contribution in [2.75, 3.05) is 27.2 Å². The van der Waals surface area contributed by atoms with E-state index in [9.17, 15) is 19.2 Å². The number of methoxy groups -OCH3 is 1. The van der Waals surface area contributed by atoms with Gasteiger partial charge in [-0.15, -0.1) is 0 Å². The van der Waals surface area contributed by atoms with Crippen LogP contribution in [0.25, 0.3) is 0 Å². The number of hydrogen-bond acceptors (Lipinski definition) is 5. The molecule has 0 bridgehead atoms. The van der Waals surface area contributed by atoms with Crippen LogP contribution in [-0.4, -0.2) is 66.4 Å². The summed E-state index contributed by atoms with van der Waals surface area (Å²) in [6.07, 6.45) is 0.431. The zero-order valence-electron chi connectivity index (χ0n) is 12.1. The van der Waals surface area contributed by atoms with Crippen molar-refractivity contribution in [3.8, 4) is 0 Å². The third-order valence-electron chi connectivity index (χ3n) is 3.37. The molecule has 1 aliphatic rings. The summed E-state index contributed by atoms with van der Waals surface area (Å²) < 4.78 is 4.44. The zero-order valence-corrected chi connectivity index (χ0v) is 12.1. The number of carbonyl (C=O) groups excluding carboxylic acids is 4. The van der Waals surface area contributed by atoms with Gasteiger partial charge in [0.2, 0.25) is 5.91 Å². The minimum atomic E-state index is -0.974. The number of carbonyl (C=O) groups is 4. The van der Waals surface area contributed by atoms with Crippen molar-refractivity contribution in [3.05, 3.63) is 0 Å². The van der Waals surface area contributed by atoms with Crippen LogP contribution in [0.3, 0.4) is 0 Å².